The standard InChI is InChI=1S/C14H28N2O/c1-16(12-14-6-2-3-10-17-14)9-4-5-13-7-8-15-11-13/h13-15H,2-12H2,1H3. The average molecular weight is 240 g/mol. The van der Waals surface area contributed by atoms with Crippen molar-refractivity contribution in [2.75, 3.05) is 39.8 Å². The molecule has 2 unspecified atom stereocenters. The summed E-state index contributed by atoms with van der Waals surface area (Å²) in [5.74, 6) is 0.939. The van der Waals surface area contributed by atoms with Crippen LogP contribution in [0.3, 0.4) is 0 Å². The first-order valence-electron chi connectivity index (χ1n) is 7.35. The molecule has 2 aliphatic rings. The highest BCUT2D eigenvalue weighted by molar-refractivity contribution is 4.72. The number of hydrogen-bond donors (Lipinski definition) is 1. The molecule has 100 valence electrons. The summed E-state index contributed by atoms with van der Waals surface area (Å²) < 4.78 is 5.78. The molecule has 3 nitrogen and oxygen atoms in total. The number of likely N-dealkylation sites (N-methyl/N-ethyl adjacent to an activating group) is 1. The zero-order valence-electron chi connectivity index (χ0n) is 11.3. The second-order valence-corrected chi connectivity index (χ2v) is 5.75. The third-order valence-corrected chi connectivity index (χ3v) is 4.10. The van der Waals surface area contributed by atoms with Crippen molar-refractivity contribution in [3.05, 3.63) is 0 Å². The van der Waals surface area contributed by atoms with Crippen molar-refractivity contribution in [3.8, 4) is 0 Å². The molecule has 3 heteroatoms. The summed E-state index contributed by atoms with van der Waals surface area (Å²) in [6.45, 7) is 5.82. The van der Waals surface area contributed by atoms with Crippen molar-refractivity contribution in [1.82, 2.24) is 10.2 Å². The molecule has 0 bridgehead atoms. The van der Waals surface area contributed by atoms with Gasteiger partial charge in [-0.15, -0.1) is 0 Å². The maximum Gasteiger partial charge on any atom is 0.0701 e. The summed E-state index contributed by atoms with van der Waals surface area (Å²) in [5, 5.41) is 3.44. The van der Waals surface area contributed by atoms with Gasteiger partial charge in [0, 0.05) is 13.2 Å². The lowest BCUT2D eigenvalue weighted by Gasteiger charge is -2.27. The first-order valence-corrected chi connectivity index (χ1v) is 7.35. The van der Waals surface area contributed by atoms with Crippen LogP contribution < -0.4 is 5.32 Å². The van der Waals surface area contributed by atoms with Crippen LogP contribution in [0.5, 0.6) is 0 Å². The Morgan fingerprint density at radius 3 is 2.94 bits per heavy atom. The summed E-state index contributed by atoms with van der Waals surface area (Å²) in [7, 11) is 2.24. The molecule has 2 atom stereocenters. The number of ether oxygens (including phenoxy) is 1. The van der Waals surface area contributed by atoms with Gasteiger partial charge in [-0.25, -0.2) is 0 Å². The molecule has 0 aromatic rings. The second kappa shape index (κ2) is 7.34. The van der Waals surface area contributed by atoms with Crippen molar-refractivity contribution in [1.29, 1.82) is 0 Å². The van der Waals surface area contributed by atoms with Gasteiger partial charge in [0.1, 0.15) is 0 Å². The summed E-state index contributed by atoms with van der Waals surface area (Å²) in [6.07, 6.45) is 8.49. The molecule has 1 N–H and O–H groups in total. The SMILES string of the molecule is CN(CCCC1CCNC1)CC1CCCCO1. The first-order chi connectivity index (χ1) is 8.34. The summed E-state index contributed by atoms with van der Waals surface area (Å²) >= 11 is 0. The van der Waals surface area contributed by atoms with Crippen LogP contribution in [0.1, 0.15) is 38.5 Å². The van der Waals surface area contributed by atoms with Gasteiger partial charge in [-0.2, -0.15) is 0 Å². The Morgan fingerprint density at radius 1 is 1.29 bits per heavy atom. The quantitative estimate of drug-likeness (QED) is 0.767. The van der Waals surface area contributed by atoms with E-state index in [0.29, 0.717) is 6.10 Å². The van der Waals surface area contributed by atoms with Gasteiger partial charge in [0.15, 0.2) is 0 Å². The molecule has 0 radical (unpaired) electrons. The fourth-order valence-electron chi connectivity index (χ4n) is 3.00. The van der Waals surface area contributed by atoms with E-state index in [-0.39, 0.29) is 0 Å². The summed E-state index contributed by atoms with van der Waals surface area (Å²) in [6, 6.07) is 0. The Bertz CT molecular complexity index is 198. The minimum Gasteiger partial charge on any atom is -0.377 e. The first kappa shape index (κ1) is 13.3. The van der Waals surface area contributed by atoms with Gasteiger partial charge in [0.2, 0.25) is 0 Å². The van der Waals surface area contributed by atoms with Crippen LogP contribution in [0.25, 0.3) is 0 Å². The van der Waals surface area contributed by atoms with Gasteiger partial charge in [0.25, 0.3) is 0 Å². The van der Waals surface area contributed by atoms with Crippen molar-refractivity contribution >= 4 is 0 Å². The van der Waals surface area contributed by atoms with E-state index in [2.05, 4.69) is 17.3 Å². The van der Waals surface area contributed by atoms with Crippen LogP contribution in [0.15, 0.2) is 0 Å². The van der Waals surface area contributed by atoms with E-state index in [4.69, 9.17) is 4.74 Å². The molecular weight excluding hydrogens is 212 g/mol. The molecule has 0 aliphatic carbocycles. The Labute approximate surface area is 106 Å². The predicted octanol–water partition coefficient (Wildman–Crippen LogP) is 1.88. The number of rotatable bonds is 6. The molecule has 0 spiro atoms. The van der Waals surface area contributed by atoms with Crippen molar-refractivity contribution in [2.24, 2.45) is 5.92 Å². The number of nitrogens with one attached hydrogen (secondary N) is 1. The normalized spacial score (nSPS) is 30.0. The fraction of sp³-hybridized carbons (Fsp3) is 1.00. The third-order valence-electron chi connectivity index (χ3n) is 4.10. The highest BCUT2D eigenvalue weighted by Gasteiger charge is 2.17. The lowest BCUT2D eigenvalue weighted by molar-refractivity contribution is -0.00170. The van der Waals surface area contributed by atoms with Gasteiger partial charge in [0.05, 0.1) is 6.10 Å². The van der Waals surface area contributed by atoms with E-state index < -0.39 is 0 Å². The fourth-order valence-corrected chi connectivity index (χ4v) is 3.00. The molecular formula is C14H28N2O. The second-order valence-electron chi connectivity index (χ2n) is 5.75. The molecule has 17 heavy (non-hydrogen) atoms. The van der Waals surface area contributed by atoms with E-state index >= 15 is 0 Å². The Morgan fingerprint density at radius 2 is 2.24 bits per heavy atom. The maximum atomic E-state index is 5.78. The van der Waals surface area contributed by atoms with Crippen LogP contribution in [0.4, 0.5) is 0 Å². The van der Waals surface area contributed by atoms with Crippen LogP contribution in [0.2, 0.25) is 0 Å². The van der Waals surface area contributed by atoms with Gasteiger partial charge in [-0.3, -0.25) is 0 Å². The number of nitrogens with zero attached hydrogens (tertiary/aromatic N) is 1. The molecule has 2 aliphatic heterocycles. The molecule has 0 amide bonds. The lowest BCUT2D eigenvalue weighted by Crippen LogP contribution is -2.34. The van der Waals surface area contributed by atoms with E-state index in [0.717, 1.165) is 19.1 Å². The highest BCUT2D eigenvalue weighted by Crippen LogP contribution is 2.16. The highest BCUT2D eigenvalue weighted by atomic mass is 16.5. The zero-order valence-corrected chi connectivity index (χ0v) is 11.3. The van der Waals surface area contributed by atoms with Crippen molar-refractivity contribution in [2.45, 2.75) is 44.6 Å². The van der Waals surface area contributed by atoms with Crippen LogP contribution in [-0.4, -0.2) is 50.8 Å². The minimum absolute atomic E-state index is 0.502. The summed E-state index contributed by atoms with van der Waals surface area (Å²) in [4.78, 5) is 2.46. The van der Waals surface area contributed by atoms with E-state index in [1.54, 1.807) is 0 Å². The largest absolute Gasteiger partial charge is 0.377 e. The average Bonchev–Trinajstić information content (AvgIpc) is 2.83. The number of hydrogen-bond acceptors (Lipinski definition) is 3. The van der Waals surface area contributed by atoms with Gasteiger partial charge in [-0.1, -0.05) is 0 Å². The molecule has 0 aromatic heterocycles. The van der Waals surface area contributed by atoms with Crippen LogP contribution in [-0.2, 0) is 4.74 Å². The van der Waals surface area contributed by atoms with Gasteiger partial charge < -0.3 is 15.0 Å². The maximum absolute atomic E-state index is 5.78. The van der Waals surface area contributed by atoms with Crippen molar-refractivity contribution < 1.29 is 4.74 Å². The Balaban J connectivity index is 1.52. The van der Waals surface area contributed by atoms with Crippen LogP contribution >= 0.6 is 0 Å². The third kappa shape index (κ3) is 4.94. The smallest absolute Gasteiger partial charge is 0.0701 e. The molecule has 2 saturated heterocycles. The van der Waals surface area contributed by atoms with E-state index in [1.165, 1.54) is 58.2 Å². The zero-order chi connectivity index (χ0) is 11.9. The van der Waals surface area contributed by atoms with E-state index in [1.807, 2.05) is 0 Å². The Kier molecular flexibility index (Phi) is 5.75. The summed E-state index contributed by atoms with van der Waals surface area (Å²) in [5.41, 5.74) is 0. The monoisotopic (exact) mass is 240 g/mol. The molecule has 2 heterocycles. The van der Waals surface area contributed by atoms with Crippen molar-refractivity contribution in [3.63, 3.8) is 0 Å². The molecule has 2 rings (SSSR count). The van der Waals surface area contributed by atoms with E-state index in [9.17, 15) is 0 Å². The molecule has 0 saturated carbocycles. The topological polar surface area (TPSA) is 24.5 Å². The lowest BCUT2D eigenvalue weighted by atomic mass is 10.0. The van der Waals surface area contributed by atoms with Gasteiger partial charge >= 0.3 is 0 Å². The van der Waals surface area contributed by atoms with Gasteiger partial charge in [-0.05, 0) is 71.1 Å². The molecule has 2 fully saturated rings. The Hall–Kier alpha value is -0.120. The van der Waals surface area contributed by atoms with Crippen LogP contribution in [0, 0.1) is 5.92 Å². The minimum atomic E-state index is 0.502. The predicted molar refractivity (Wildman–Crippen MR) is 71.3 cm³/mol. The molecule has 0 aromatic carbocycles.